The fraction of sp³-hybridized carbons (Fsp3) is 0.538. The van der Waals surface area contributed by atoms with Crippen LogP contribution >= 0.6 is 12.4 Å². The Kier molecular flexibility index (Phi) is 6.46. The van der Waals surface area contributed by atoms with E-state index in [9.17, 15) is 5.11 Å². The zero-order valence-corrected chi connectivity index (χ0v) is 11.1. The Bertz CT molecular complexity index is 326. The molecule has 0 radical (unpaired) electrons. The molecule has 0 aromatic heterocycles. The Morgan fingerprint density at radius 1 is 1.31 bits per heavy atom. The zero-order valence-electron chi connectivity index (χ0n) is 10.2. The van der Waals surface area contributed by atoms with Crippen LogP contribution in [-0.4, -0.2) is 5.11 Å². The molecular weight excluding hydrogens is 222 g/mol. The first-order chi connectivity index (χ1) is 7.06. The third-order valence-corrected chi connectivity index (χ3v) is 2.66. The summed E-state index contributed by atoms with van der Waals surface area (Å²) in [7, 11) is 0. The summed E-state index contributed by atoms with van der Waals surface area (Å²) in [6.45, 7) is 6.31. The number of phenolic OH excluding ortho intramolecular Hbond substituents is 1. The quantitative estimate of drug-likeness (QED) is 0.851. The van der Waals surface area contributed by atoms with E-state index in [1.807, 2.05) is 25.1 Å². The minimum absolute atomic E-state index is 0. The highest BCUT2D eigenvalue weighted by molar-refractivity contribution is 5.85. The summed E-state index contributed by atoms with van der Waals surface area (Å²) < 4.78 is 0. The number of nitrogens with two attached hydrogens (primary N) is 1. The predicted molar refractivity (Wildman–Crippen MR) is 71.1 cm³/mol. The molecule has 0 aliphatic carbocycles. The Hall–Kier alpha value is -0.730. The summed E-state index contributed by atoms with van der Waals surface area (Å²) in [6.07, 6.45) is 1.74. The van der Waals surface area contributed by atoms with E-state index in [2.05, 4.69) is 13.8 Å². The number of hydrogen-bond donors (Lipinski definition) is 2. The van der Waals surface area contributed by atoms with Crippen LogP contribution in [0.5, 0.6) is 5.75 Å². The third-order valence-electron chi connectivity index (χ3n) is 2.66. The number of halogens is 1. The molecule has 0 bridgehead atoms. The molecule has 0 amide bonds. The summed E-state index contributed by atoms with van der Waals surface area (Å²) in [6, 6.07) is 5.77. The number of hydrogen-bond acceptors (Lipinski definition) is 2. The normalized spacial score (nSPS) is 12.3. The average Bonchev–Trinajstić information content (AvgIpc) is 2.17. The lowest BCUT2D eigenvalue weighted by atomic mass is 9.95. The second-order valence-corrected chi connectivity index (χ2v) is 4.44. The molecule has 0 aliphatic heterocycles. The molecule has 0 aliphatic rings. The van der Waals surface area contributed by atoms with Gasteiger partial charge >= 0.3 is 0 Å². The van der Waals surface area contributed by atoms with Gasteiger partial charge in [-0.2, -0.15) is 0 Å². The van der Waals surface area contributed by atoms with Crippen LogP contribution in [-0.2, 0) is 6.42 Å². The Morgan fingerprint density at radius 3 is 2.44 bits per heavy atom. The van der Waals surface area contributed by atoms with Crippen molar-refractivity contribution in [3.8, 4) is 5.75 Å². The van der Waals surface area contributed by atoms with Crippen LogP contribution in [0.1, 0.15) is 44.4 Å². The molecule has 0 unspecified atom stereocenters. The first-order valence-corrected chi connectivity index (χ1v) is 5.62. The number of aryl methyl sites for hydroxylation is 1. The highest BCUT2D eigenvalue weighted by atomic mass is 35.5. The van der Waals surface area contributed by atoms with Gasteiger partial charge in [-0.25, -0.2) is 0 Å². The van der Waals surface area contributed by atoms with Gasteiger partial charge in [-0.1, -0.05) is 39.0 Å². The maximum Gasteiger partial charge on any atom is 0.123 e. The average molecular weight is 244 g/mol. The van der Waals surface area contributed by atoms with Crippen molar-refractivity contribution in [2.24, 2.45) is 11.7 Å². The maximum absolute atomic E-state index is 9.99. The molecule has 1 rings (SSSR count). The minimum Gasteiger partial charge on any atom is -0.507 e. The molecule has 0 saturated carbocycles. The van der Waals surface area contributed by atoms with Gasteiger partial charge in [-0.15, -0.1) is 12.4 Å². The first kappa shape index (κ1) is 15.3. The number of benzene rings is 1. The second kappa shape index (κ2) is 6.77. The molecule has 1 aromatic carbocycles. The maximum atomic E-state index is 9.99. The third kappa shape index (κ3) is 3.69. The topological polar surface area (TPSA) is 46.2 Å². The highest BCUT2D eigenvalue weighted by Crippen LogP contribution is 2.30. The van der Waals surface area contributed by atoms with E-state index >= 15 is 0 Å². The second-order valence-electron chi connectivity index (χ2n) is 4.44. The van der Waals surface area contributed by atoms with Crippen molar-refractivity contribution in [2.75, 3.05) is 0 Å². The van der Waals surface area contributed by atoms with Crippen molar-refractivity contribution in [3.63, 3.8) is 0 Å². The highest BCUT2D eigenvalue weighted by Gasteiger charge is 2.13. The van der Waals surface area contributed by atoms with Gasteiger partial charge in [-0.05, 0) is 24.3 Å². The molecule has 92 valence electrons. The fourth-order valence-electron chi connectivity index (χ4n) is 1.83. The molecule has 16 heavy (non-hydrogen) atoms. The van der Waals surface area contributed by atoms with Crippen molar-refractivity contribution in [1.29, 1.82) is 0 Å². The van der Waals surface area contributed by atoms with E-state index in [0.29, 0.717) is 11.7 Å². The van der Waals surface area contributed by atoms with Crippen LogP contribution in [0.15, 0.2) is 18.2 Å². The van der Waals surface area contributed by atoms with Crippen molar-refractivity contribution in [2.45, 2.75) is 39.7 Å². The molecule has 1 atom stereocenters. The van der Waals surface area contributed by atoms with E-state index in [-0.39, 0.29) is 18.4 Å². The van der Waals surface area contributed by atoms with Crippen molar-refractivity contribution < 1.29 is 5.11 Å². The molecule has 3 heteroatoms. The SMILES string of the molecule is CCc1cccc([C@@H](N)CC(C)C)c1O.Cl. The number of aromatic hydroxyl groups is 1. The van der Waals surface area contributed by atoms with Gasteiger partial charge in [-0.3, -0.25) is 0 Å². The smallest absolute Gasteiger partial charge is 0.123 e. The summed E-state index contributed by atoms with van der Waals surface area (Å²) in [4.78, 5) is 0. The van der Waals surface area contributed by atoms with E-state index in [1.54, 1.807) is 0 Å². The summed E-state index contributed by atoms with van der Waals surface area (Å²) in [5, 5.41) is 9.99. The monoisotopic (exact) mass is 243 g/mol. The Labute approximate surface area is 104 Å². The number of para-hydroxylation sites is 1. The Balaban J connectivity index is 0.00000225. The lowest BCUT2D eigenvalue weighted by Crippen LogP contribution is -2.13. The predicted octanol–water partition coefficient (Wildman–Crippen LogP) is 3.42. The number of rotatable bonds is 4. The molecule has 0 spiro atoms. The lowest BCUT2D eigenvalue weighted by Gasteiger charge is -2.17. The van der Waals surface area contributed by atoms with Crippen LogP contribution in [0.3, 0.4) is 0 Å². The van der Waals surface area contributed by atoms with Crippen molar-refractivity contribution in [1.82, 2.24) is 0 Å². The van der Waals surface area contributed by atoms with Crippen LogP contribution in [0, 0.1) is 5.92 Å². The van der Waals surface area contributed by atoms with E-state index < -0.39 is 0 Å². The Morgan fingerprint density at radius 2 is 1.94 bits per heavy atom. The van der Waals surface area contributed by atoms with Crippen molar-refractivity contribution >= 4 is 12.4 Å². The molecule has 0 fully saturated rings. The van der Waals surface area contributed by atoms with Gasteiger partial charge in [0.15, 0.2) is 0 Å². The van der Waals surface area contributed by atoms with E-state index in [4.69, 9.17) is 5.73 Å². The van der Waals surface area contributed by atoms with Gasteiger partial charge in [0.1, 0.15) is 5.75 Å². The van der Waals surface area contributed by atoms with E-state index in [0.717, 1.165) is 24.0 Å². The minimum atomic E-state index is -0.0588. The molecule has 0 saturated heterocycles. The van der Waals surface area contributed by atoms with E-state index in [1.165, 1.54) is 0 Å². The van der Waals surface area contributed by atoms with Gasteiger partial charge < -0.3 is 10.8 Å². The van der Waals surface area contributed by atoms with Gasteiger partial charge in [0.05, 0.1) is 0 Å². The molecule has 0 heterocycles. The molecule has 2 nitrogen and oxygen atoms in total. The summed E-state index contributed by atoms with van der Waals surface area (Å²) >= 11 is 0. The van der Waals surface area contributed by atoms with Crippen LogP contribution < -0.4 is 5.73 Å². The first-order valence-electron chi connectivity index (χ1n) is 5.62. The fourth-order valence-corrected chi connectivity index (χ4v) is 1.83. The lowest BCUT2D eigenvalue weighted by molar-refractivity contribution is 0.440. The van der Waals surface area contributed by atoms with Crippen LogP contribution in [0.2, 0.25) is 0 Å². The van der Waals surface area contributed by atoms with Gasteiger partial charge in [0, 0.05) is 11.6 Å². The molecule has 3 N–H and O–H groups in total. The summed E-state index contributed by atoms with van der Waals surface area (Å²) in [5.41, 5.74) is 7.92. The zero-order chi connectivity index (χ0) is 11.4. The van der Waals surface area contributed by atoms with Gasteiger partial charge in [0.25, 0.3) is 0 Å². The van der Waals surface area contributed by atoms with Gasteiger partial charge in [0.2, 0.25) is 0 Å². The standard InChI is InChI=1S/C13H21NO.ClH/c1-4-10-6-5-7-11(13(10)15)12(14)8-9(2)3;/h5-7,9,12,15H,4,8,14H2,1-3H3;1H/t12-;/m0./s1. The largest absolute Gasteiger partial charge is 0.507 e. The molecule has 1 aromatic rings. The van der Waals surface area contributed by atoms with Crippen LogP contribution in [0.4, 0.5) is 0 Å². The number of phenols is 1. The summed E-state index contributed by atoms with van der Waals surface area (Å²) in [5.74, 6) is 0.929. The van der Waals surface area contributed by atoms with Crippen LogP contribution in [0.25, 0.3) is 0 Å². The van der Waals surface area contributed by atoms with Crippen molar-refractivity contribution in [3.05, 3.63) is 29.3 Å². The molecular formula is C13H22ClNO.